The highest BCUT2D eigenvalue weighted by atomic mass is 32.2. The number of nitrogens with zero attached hydrogens (tertiary/aromatic N) is 2. The predicted molar refractivity (Wildman–Crippen MR) is 122 cm³/mol. The number of aryl methyl sites for hydroxylation is 1. The summed E-state index contributed by atoms with van der Waals surface area (Å²) in [5.74, 6) is -1.12. The van der Waals surface area contributed by atoms with Crippen molar-refractivity contribution in [3.05, 3.63) is 65.2 Å². The van der Waals surface area contributed by atoms with Crippen molar-refractivity contribution in [2.24, 2.45) is 0 Å². The Bertz CT molecular complexity index is 1080. The van der Waals surface area contributed by atoms with E-state index in [1.807, 2.05) is 13.0 Å². The Morgan fingerprint density at radius 1 is 1.09 bits per heavy atom. The maximum Gasteiger partial charge on any atom is 0.339 e. The van der Waals surface area contributed by atoms with E-state index in [2.05, 4.69) is 0 Å². The Balaban J connectivity index is 1.93. The number of ether oxygens (including phenoxy) is 1. The lowest BCUT2D eigenvalue weighted by atomic mass is 10.1. The van der Waals surface area contributed by atoms with Gasteiger partial charge >= 0.3 is 5.97 Å². The Morgan fingerprint density at radius 2 is 1.78 bits per heavy atom. The first kappa shape index (κ1) is 23.9. The van der Waals surface area contributed by atoms with E-state index in [1.165, 1.54) is 21.3 Å². The molecule has 2 unspecified atom stereocenters. The molecule has 0 aromatic heterocycles. The average molecular weight is 459 g/mol. The van der Waals surface area contributed by atoms with Crippen molar-refractivity contribution in [3.8, 4) is 0 Å². The van der Waals surface area contributed by atoms with E-state index in [-0.39, 0.29) is 22.4 Å². The zero-order chi connectivity index (χ0) is 23.5. The highest BCUT2D eigenvalue weighted by molar-refractivity contribution is 7.89. The van der Waals surface area contributed by atoms with Crippen LogP contribution in [0, 0.1) is 6.92 Å². The van der Waals surface area contributed by atoms with E-state index in [1.54, 1.807) is 51.4 Å². The molecule has 1 heterocycles. The fourth-order valence-electron chi connectivity index (χ4n) is 3.84. The van der Waals surface area contributed by atoms with Gasteiger partial charge in [-0.1, -0.05) is 42.8 Å². The Morgan fingerprint density at radius 3 is 2.41 bits per heavy atom. The molecule has 0 aliphatic carbocycles. The van der Waals surface area contributed by atoms with Gasteiger partial charge in [0.2, 0.25) is 16.1 Å². The first-order valence-corrected chi connectivity index (χ1v) is 12.2. The monoisotopic (exact) mass is 458 g/mol. The number of hydrogen-bond donors (Lipinski definition) is 0. The van der Waals surface area contributed by atoms with Crippen molar-refractivity contribution in [2.75, 3.05) is 20.6 Å². The van der Waals surface area contributed by atoms with Crippen LogP contribution in [0.3, 0.4) is 0 Å². The summed E-state index contributed by atoms with van der Waals surface area (Å²) in [7, 11) is -0.569. The van der Waals surface area contributed by atoms with Gasteiger partial charge in [-0.3, -0.25) is 4.79 Å². The van der Waals surface area contributed by atoms with E-state index in [0.717, 1.165) is 19.3 Å². The fraction of sp³-hybridized carbons (Fsp3) is 0.417. The number of sulfonamides is 1. The van der Waals surface area contributed by atoms with Gasteiger partial charge in [0, 0.05) is 32.2 Å². The van der Waals surface area contributed by atoms with Crippen molar-refractivity contribution in [3.63, 3.8) is 0 Å². The summed E-state index contributed by atoms with van der Waals surface area (Å²) in [6.45, 7) is 4.07. The molecule has 2 aromatic rings. The standard InChI is InChI=1S/C24H30N2O5S/c1-17-13-14-20(32(29,30)26-15-9-8-10-18(26)2)16-21(17)24(28)31-22(23(27)25(3)4)19-11-6-5-7-12-19/h5-7,11-14,16,18,22H,8-10,15H2,1-4H3. The van der Waals surface area contributed by atoms with E-state index in [4.69, 9.17) is 4.74 Å². The molecule has 0 saturated carbocycles. The second-order valence-electron chi connectivity index (χ2n) is 8.37. The molecule has 1 aliphatic rings. The number of carbonyl (C=O) groups excluding carboxylic acids is 2. The largest absolute Gasteiger partial charge is 0.444 e. The van der Waals surface area contributed by atoms with Gasteiger partial charge in [-0.05, 0) is 44.4 Å². The van der Waals surface area contributed by atoms with Gasteiger partial charge in [0.1, 0.15) is 0 Å². The number of likely N-dealkylation sites (N-methyl/N-ethyl adjacent to an activating group) is 1. The van der Waals surface area contributed by atoms with E-state index in [0.29, 0.717) is 17.7 Å². The minimum absolute atomic E-state index is 0.0546. The third-order valence-corrected chi connectivity index (χ3v) is 7.78. The molecule has 0 bridgehead atoms. The maximum atomic E-state index is 13.2. The van der Waals surface area contributed by atoms with Crippen molar-refractivity contribution < 1.29 is 22.7 Å². The molecule has 1 fully saturated rings. The Kier molecular flexibility index (Phi) is 7.36. The summed E-state index contributed by atoms with van der Waals surface area (Å²) in [4.78, 5) is 27.2. The molecule has 0 radical (unpaired) electrons. The second-order valence-corrected chi connectivity index (χ2v) is 10.3. The molecule has 172 valence electrons. The lowest BCUT2D eigenvalue weighted by molar-refractivity contribution is -0.138. The molecule has 3 rings (SSSR count). The van der Waals surface area contributed by atoms with Crippen LogP contribution in [-0.2, 0) is 19.6 Å². The number of amides is 1. The molecule has 1 amide bonds. The number of rotatable bonds is 6. The van der Waals surface area contributed by atoms with Crippen LogP contribution in [0.2, 0.25) is 0 Å². The maximum absolute atomic E-state index is 13.2. The summed E-state index contributed by atoms with van der Waals surface area (Å²) >= 11 is 0. The third-order valence-electron chi connectivity index (χ3n) is 5.77. The highest BCUT2D eigenvalue weighted by Crippen LogP contribution is 2.28. The number of piperidine rings is 1. The molecule has 32 heavy (non-hydrogen) atoms. The number of carbonyl (C=O) groups is 2. The van der Waals surface area contributed by atoms with Crippen molar-refractivity contribution in [1.82, 2.24) is 9.21 Å². The van der Waals surface area contributed by atoms with Crippen LogP contribution in [0.5, 0.6) is 0 Å². The Hall–Kier alpha value is -2.71. The zero-order valence-corrected chi connectivity index (χ0v) is 19.8. The molecular formula is C24H30N2O5S. The number of benzene rings is 2. The molecule has 7 nitrogen and oxygen atoms in total. The SMILES string of the molecule is Cc1ccc(S(=O)(=O)N2CCCCC2C)cc1C(=O)OC(C(=O)N(C)C)c1ccccc1. The van der Waals surface area contributed by atoms with E-state index >= 15 is 0 Å². The fourth-order valence-corrected chi connectivity index (χ4v) is 5.57. The van der Waals surface area contributed by atoms with E-state index < -0.39 is 22.1 Å². The van der Waals surface area contributed by atoms with Gasteiger partial charge in [-0.15, -0.1) is 0 Å². The molecule has 2 aromatic carbocycles. The first-order valence-electron chi connectivity index (χ1n) is 10.7. The van der Waals surface area contributed by atoms with Crippen LogP contribution in [0.4, 0.5) is 0 Å². The minimum atomic E-state index is -3.74. The van der Waals surface area contributed by atoms with E-state index in [9.17, 15) is 18.0 Å². The van der Waals surface area contributed by atoms with Gasteiger partial charge < -0.3 is 9.64 Å². The van der Waals surface area contributed by atoms with Crippen molar-refractivity contribution >= 4 is 21.9 Å². The topological polar surface area (TPSA) is 84.0 Å². The third kappa shape index (κ3) is 5.02. The summed E-state index contributed by atoms with van der Waals surface area (Å²) in [5, 5.41) is 0. The van der Waals surface area contributed by atoms with Crippen LogP contribution >= 0.6 is 0 Å². The lowest BCUT2D eigenvalue weighted by Gasteiger charge is -2.32. The molecule has 1 saturated heterocycles. The molecule has 8 heteroatoms. The Labute approximate surface area is 190 Å². The summed E-state index contributed by atoms with van der Waals surface area (Å²) in [6, 6.07) is 13.1. The summed E-state index contributed by atoms with van der Waals surface area (Å²) in [5.41, 5.74) is 1.25. The molecule has 2 atom stereocenters. The molecule has 0 spiro atoms. The van der Waals surface area contributed by atoms with Crippen LogP contribution in [0.1, 0.15) is 53.8 Å². The highest BCUT2D eigenvalue weighted by Gasteiger charge is 2.32. The summed E-state index contributed by atoms with van der Waals surface area (Å²) in [6.07, 6.45) is 1.50. The smallest absolute Gasteiger partial charge is 0.339 e. The minimum Gasteiger partial charge on any atom is -0.444 e. The normalized spacial score (nSPS) is 18.1. The molecular weight excluding hydrogens is 428 g/mol. The van der Waals surface area contributed by atoms with Gasteiger partial charge in [-0.2, -0.15) is 4.31 Å². The van der Waals surface area contributed by atoms with Gasteiger partial charge in [-0.25, -0.2) is 13.2 Å². The van der Waals surface area contributed by atoms with Crippen LogP contribution in [-0.4, -0.2) is 56.2 Å². The first-order chi connectivity index (χ1) is 15.1. The van der Waals surface area contributed by atoms with Crippen LogP contribution in [0.15, 0.2) is 53.4 Å². The predicted octanol–water partition coefficient (Wildman–Crippen LogP) is 3.54. The quantitative estimate of drug-likeness (QED) is 0.618. The van der Waals surface area contributed by atoms with Crippen LogP contribution < -0.4 is 0 Å². The van der Waals surface area contributed by atoms with Gasteiger partial charge in [0.15, 0.2) is 0 Å². The van der Waals surface area contributed by atoms with Gasteiger partial charge in [0.25, 0.3) is 5.91 Å². The van der Waals surface area contributed by atoms with Crippen molar-refractivity contribution in [1.29, 1.82) is 0 Å². The lowest BCUT2D eigenvalue weighted by Crippen LogP contribution is -2.42. The van der Waals surface area contributed by atoms with Gasteiger partial charge in [0.05, 0.1) is 10.5 Å². The average Bonchev–Trinajstić information content (AvgIpc) is 2.77. The summed E-state index contributed by atoms with van der Waals surface area (Å²) < 4.78 is 33.6. The van der Waals surface area contributed by atoms with Crippen LogP contribution in [0.25, 0.3) is 0 Å². The molecule has 1 aliphatic heterocycles. The zero-order valence-electron chi connectivity index (χ0n) is 18.9. The number of hydrogen-bond acceptors (Lipinski definition) is 5. The number of esters is 1. The molecule has 0 N–H and O–H groups in total. The second kappa shape index (κ2) is 9.83. The van der Waals surface area contributed by atoms with Crippen molar-refractivity contribution in [2.45, 2.75) is 50.2 Å².